The molecule has 2 heterocycles. The zero-order valence-electron chi connectivity index (χ0n) is 14.8. The van der Waals surface area contributed by atoms with E-state index in [0.717, 1.165) is 11.1 Å². The second-order valence-electron chi connectivity index (χ2n) is 6.48. The third kappa shape index (κ3) is 3.02. The SMILES string of the molecule is CC(=O)c1ccn2c(Cl)c(-c3ccccc3-c3ccc(C)cc3F)nc2c1. The maximum absolute atomic E-state index is 14.6. The van der Waals surface area contributed by atoms with Gasteiger partial charge in [0.25, 0.3) is 0 Å². The molecule has 0 saturated heterocycles. The predicted molar refractivity (Wildman–Crippen MR) is 106 cm³/mol. The summed E-state index contributed by atoms with van der Waals surface area (Å²) < 4.78 is 16.3. The first-order chi connectivity index (χ1) is 13.0. The van der Waals surface area contributed by atoms with Crippen molar-refractivity contribution in [1.82, 2.24) is 9.38 Å². The van der Waals surface area contributed by atoms with Gasteiger partial charge in [-0.05, 0) is 43.2 Å². The van der Waals surface area contributed by atoms with Crippen molar-refractivity contribution in [1.29, 1.82) is 0 Å². The number of hydrogen-bond acceptors (Lipinski definition) is 2. The van der Waals surface area contributed by atoms with E-state index in [2.05, 4.69) is 4.98 Å². The van der Waals surface area contributed by atoms with Crippen LogP contribution in [-0.4, -0.2) is 15.2 Å². The lowest BCUT2D eigenvalue weighted by molar-refractivity contribution is 0.101. The van der Waals surface area contributed by atoms with Crippen molar-refractivity contribution in [2.24, 2.45) is 0 Å². The molecule has 134 valence electrons. The number of Topliss-reactive ketones (excluding diaryl/α,β-unsaturated/α-hetero) is 1. The van der Waals surface area contributed by atoms with E-state index in [9.17, 15) is 9.18 Å². The minimum atomic E-state index is -0.291. The monoisotopic (exact) mass is 378 g/mol. The van der Waals surface area contributed by atoms with E-state index >= 15 is 0 Å². The van der Waals surface area contributed by atoms with E-state index in [-0.39, 0.29) is 11.6 Å². The fourth-order valence-electron chi connectivity index (χ4n) is 3.17. The van der Waals surface area contributed by atoms with E-state index in [4.69, 9.17) is 11.6 Å². The second kappa shape index (κ2) is 6.63. The fourth-order valence-corrected chi connectivity index (χ4v) is 3.46. The van der Waals surface area contributed by atoms with Gasteiger partial charge in [-0.3, -0.25) is 9.20 Å². The van der Waals surface area contributed by atoms with Crippen LogP contribution in [0.5, 0.6) is 0 Å². The van der Waals surface area contributed by atoms with Gasteiger partial charge in [0.1, 0.15) is 22.3 Å². The van der Waals surface area contributed by atoms with Crippen LogP contribution in [-0.2, 0) is 0 Å². The Hall–Kier alpha value is -2.98. The average Bonchev–Trinajstić information content (AvgIpc) is 2.98. The number of benzene rings is 2. The molecule has 0 aliphatic carbocycles. The molecule has 5 heteroatoms. The number of rotatable bonds is 3. The highest BCUT2D eigenvalue weighted by atomic mass is 35.5. The van der Waals surface area contributed by atoms with E-state index < -0.39 is 0 Å². The number of carbonyl (C=O) groups excluding carboxylic acids is 1. The van der Waals surface area contributed by atoms with E-state index in [0.29, 0.717) is 33.2 Å². The molecular weight excluding hydrogens is 363 g/mol. The van der Waals surface area contributed by atoms with Gasteiger partial charge >= 0.3 is 0 Å². The van der Waals surface area contributed by atoms with Gasteiger partial charge in [-0.15, -0.1) is 0 Å². The molecular formula is C22H16ClFN2O. The lowest BCUT2D eigenvalue weighted by Crippen LogP contribution is -1.94. The Labute approximate surface area is 161 Å². The summed E-state index contributed by atoms with van der Waals surface area (Å²) in [5.41, 5.74) is 4.49. The maximum Gasteiger partial charge on any atom is 0.159 e. The van der Waals surface area contributed by atoms with Crippen molar-refractivity contribution >= 4 is 23.0 Å². The maximum atomic E-state index is 14.6. The van der Waals surface area contributed by atoms with Gasteiger partial charge < -0.3 is 0 Å². The molecule has 2 aromatic carbocycles. The molecule has 0 saturated carbocycles. The summed E-state index contributed by atoms with van der Waals surface area (Å²) in [4.78, 5) is 16.3. The van der Waals surface area contributed by atoms with Crippen LogP contribution in [0.25, 0.3) is 28.0 Å². The summed E-state index contributed by atoms with van der Waals surface area (Å²) in [6.07, 6.45) is 1.72. The summed E-state index contributed by atoms with van der Waals surface area (Å²) >= 11 is 6.57. The summed E-state index contributed by atoms with van der Waals surface area (Å²) in [5.74, 6) is -0.332. The minimum absolute atomic E-state index is 0.0414. The van der Waals surface area contributed by atoms with Crippen molar-refractivity contribution in [3.63, 3.8) is 0 Å². The Kier molecular flexibility index (Phi) is 4.28. The first kappa shape index (κ1) is 17.4. The highest BCUT2D eigenvalue weighted by Gasteiger charge is 2.18. The molecule has 4 rings (SSSR count). The molecule has 0 N–H and O–H groups in total. The molecule has 0 atom stereocenters. The van der Waals surface area contributed by atoms with Crippen LogP contribution in [0, 0.1) is 12.7 Å². The molecule has 0 amide bonds. The number of carbonyl (C=O) groups is 1. The lowest BCUT2D eigenvalue weighted by atomic mass is 9.97. The standard InChI is InChI=1S/C22H16ClFN2O/c1-13-7-8-17(19(24)11-13)16-5-3-4-6-18(16)21-22(23)26-10-9-15(14(2)27)12-20(26)25-21/h3-12H,1-2H3. The molecule has 0 fully saturated rings. The van der Waals surface area contributed by atoms with Gasteiger partial charge in [-0.2, -0.15) is 0 Å². The molecule has 0 unspecified atom stereocenters. The molecule has 0 spiro atoms. The van der Waals surface area contributed by atoms with Crippen molar-refractivity contribution < 1.29 is 9.18 Å². The van der Waals surface area contributed by atoms with Crippen molar-refractivity contribution in [3.8, 4) is 22.4 Å². The third-order valence-electron chi connectivity index (χ3n) is 4.57. The number of aryl methyl sites for hydroxylation is 1. The number of hydrogen-bond donors (Lipinski definition) is 0. The Bertz CT molecular complexity index is 1200. The molecule has 3 nitrogen and oxygen atoms in total. The average molecular weight is 379 g/mol. The quantitative estimate of drug-likeness (QED) is 0.411. The normalized spacial score (nSPS) is 11.1. The number of aromatic nitrogens is 2. The van der Waals surface area contributed by atoms with Gasteiger partial charge in [0.2, 0.25) is 0 Å². The largest absolute Gasteiger partial charge is 0.295 e. The zero-order valence-corrected chi connectivity index (χ0v) is 15.6. The second-order valence-corrected chi connectivity index (χ2v) is 6.84. The highest BCUT2D eigenvalue weighted by molar-refractivity contribution is 6.32. The van der Waals surface area contributed by atoms with E-state index in [1.807, 2.05) is 37.3 Å². The first-order valence-corrected chi connectivity index (χ1v) is 8.88. The summed E-state index contributed by atoms with van der Waals surface area (Å²) in [6.45, 7) is 3.36. The Balaban J connectivity index is 1.94. The summed E-state index contributed by atoms with van der Waals surface area (Å²) in [6, 6.07) is 16.0. The number of nitrogens with zero attached hydrogens (tertiary/aromatic N) is 2. The Morgan fingerprint density at radius 1 is 1.04 bits per heavy atom. The van der Waals surface area contributed by atoms with Crippen molar-refractivity contribution in [2.75, 3.05) is 0 Å². The lowest BCUT2D eigenvalue weighted by Gasteiger charge is -2.10. The molecule has 0 aliphatic heterocycles. The first-order valence-electron chi connectivity index (χ1n) is 8.50. The van der Waals surface area contributed by atoms with Gasteiger partial charge in [-0.1, -0.05) is 48.0 Å². The van der Waals surface area contributed by atoms with E-state index in [1.165, 1.54) is 13.0 Å². The highest BCUT2D eigenvalue weighted by Crippen LogP contribution is 2.37. The third-order valence-corrected chi connectivity index (χ3v) is 4.93. The topological polar surface area (TPSA) is 34.4 Å². The Morgan fingerprint density at radius 3 is 2.48 bits per heavy atom. The van der Waals surface area contributed by atoms with Crippen LogP contribution in [0.15, 0.2) is 60.8 Å². The predicted octanol–water partition coefficient (Wildman–Crippen LogP) is 5.97. The van der Waals surface area contributed by atoms with Crippen LogP contribution < -0.4 is 0 Å². The molecule has 27 heavy (non-hydrogen) atoms. The smallest absolute Gasteiger partial charge is 0.159 e. The Morgan fingerprint density at radius 2 is 1.78 bits per heavy atom. The summed E-state index contributed by atoms with van der Waals surface area (Å²) in [5, 5.41) is 0.417. The van der Waals surface area contributed by atoms with Crippen molar-refractivity contribution in [2.45, 2.75) is 13.8 Å². The van der Waals surface area contributed by atoms with Crippen LogP contribution in [0.4, 0.5) is 4.39 Å². The molecule has 0 aliphatic rings. The van der Waals surface area contributed by atoms with Gasteiger partial charge in [0, 0.05) is 22.9 Å². The fraction of sp³-hybridized carbons (Fsp3) is 0.0909. The molecule has 2 aromatic heterocycles. The number of imidazole rings is 1. The molecule has 4 aromatic rings. The van der Waals surface area contributed by atoms with Crippen LogP contribution in [0.3, 0.4) is 0 Å². The number of halogens is 2. The van der Waals surface area contributed by atoms with Gasteiger partial charge in [-0.25, -0.2) is 9.37 Å². The zero-order chi connectivity index (χ0) is 19.1. The van der Waals surface area contributed by atoms with Gasteiger partial charge in [0.05, 0.1) is 0 Å². The minimum Gasteiger partial charge on any atom is -0.295 e. The van der Waals surface area contributed by atoms with Crippen molar-refractivity contribution in [3.05, 3.63) is 82.9 Å². The van der Waals surface area contributed by atoms with Gasteiger partial charge in [0.15, 0.2) is 5.78 Å². The van der Waals surface area contributed by atoms with Crippen LogP contribution in [0.1, 0.15) is 22.8 Å². The van der Waals surface area contributed by atoms with Crippen LogP contribution >= 0.6 is 11.6 Å². The molecule has 0 bridgehead atoms. The molecule has 0 radical (unpaired) electrons. The number of fused-ring (bicyclic) bond motifs is 1. The number of ketones is 1. The summed E-state index contributed by atoms with van der Waals surface area (Å²) in [7, 11) is 0. The number of pyridine rings is 1. The van der Waals surface area contributed by atoms with Crippen LogP contribution in [0.2, 0.25) is 5.15 Å². The van der Waals surface area contributed by atoms with E-state index in [1.54, 1.807) is 28.8 Å².